The minimum absolute atomic E-state index is 0.0926. The average molecular weight is 404 g/mol. The first-order chi connectivity index (χ1) is 13.4. The fourth-order valence-electron chi connectivity index (χ4n) is 1.97. The van der Waals surface area contributed by atoms with E-state index >= 15 is 0 Å². The Kier molecular flexibility index (Phi) is 7.46. The van der Waals surface area contributed by atoms with Crippen LogP contribution in [0.15, 0.2) is 47.7 Å². The summed E-state index contributed by atoms with van der Waals surface area (Å²) < 4.78 is 5.01. The molecule has 0 radical (unpaired) electrons. The van der Waals surface area contributed by atoms with Gasteiger partial charge in [-0.05, 0) is 43.3 Å². The molecule has 0 saturated heterocycles. The summed E-state index contributed by atoms with van der Waals surface area (Å²) in [5, 5.41) is 9.18. The van der Waals surface area contributed by atoms with E-state index in [1.807, 2.05) is 0 Å². The van der Waals surface area contributed by atoms with Crippen LogP contribution in [-0.4, -0.2) is 35.5 Å². The van der Waals surface area contributed by atoms with Crippen LogP contribution in [0.5, 0.6) is 5.75 Å². The van der Waals surface area contributed by atoms with E-state index in [9.17, 15) is 14.4 Å². The Labute approximate surface area is 166 Å². The number of hydrogen-bond acceptors (Lipinski definition) is 6. The van der Waals surface area contributed by atoms with E-state index in [1.165, 1.54) is 20.2 Å². The van der Waals surface area contributed by atoms with Gasteiger partial charge in [0, 0.05) is 17.6 Å². The molecule has 0 fully saturated rings. The predicted octanol–water partition coefficient (Wildman–Crippen LogP) is 2.20. The van der Waals surface area contributed by atoms with Gasteiger partial charge in [0.05, 0.1) is 18.6 Å². The smallest absolute Gasteiger partial charge is 0.329 e. The van der Waals surface area contributed by atoms with Crippen molar-refractivity contribution in [2.75, 3.05) is 17.7 Å². The van der Waals surface area contributed by atoms with Gasteiger partial charge in [-0.2, -0.15) is 5.10 Å². The van der Waals surface area contributed by atoms with Gasteiger partial charge < -0.3 is 15.4 Å². The molecule has 0 aliphatic rings. The number of nitrogens with zero attached hydrogens (tertiary/aromatic N) is 2. The maximum absolute atomic E-state index is 11.9. The lowest BCUT2D eigenvalue weighted by Crippen LogP contribution is -2.33. The number of nitrogens with one attached hydrogen (secondary N) is 3. The van der Waals surface area contributed by atoms with Crippen LogP contribution in [0.1, 0.15) is 13.3 Å². The minimum atomic E-state index is -0.963. The van der Waals surface area contributed by atoms with Crippen LogP contribution in [0.2, 0.25) is 5.02 Å². The summed E-state index contributed by atoms with van der Waals surface area (Å²) in [6, 6.07) is 9.61. The van der Waals surface area contributed by atoms with E-state index < -0.39 is 11.8 Å². The van der Waals surface area contributed by atoms with E-state index in [1.54, 1.807) is 36.4 Å². The van der Waals surface area contributed by atoms with E-state index in [0.29, 0.717) is 28.0 Å². The van der Waals surface area contributed by atoms with Gasteiger partial charge in [0.15, 0.2) is 0 Å². The zero-order chi connectivity index (χ0) is 20.5. The van der Waals surface area contributed by atoms with Crippen molar-refractivity contribution in [2.24, 2.45) is 5.10 Å². The summed E-state index contributed by atoms with van der Waals surface area (Å²) in [7, 11) is 1.52. The molecule has 0 aliphatic heterocycles. The summed E-state index contributed by atoms with van der Waals surface area (Å²) in [4.78, 5) is 39.5. The SMILES string of the molecule is COc1ccc(NC(=O)C(=O)NN=C(C)CC(=O)Nc2ccc(Cl)cn2)cc1. The molecule has 1 aromatic carbocycles. The normalized spacial score (nSPS) is 10.8. The largest absolute Gasteiger partial charge is 0.497 e. The van der Waals surface area contributed by atoms with Gasteiger partial charge >= 0.3 is 11.8 Å². The summed E-state index contributed by atoms with van der Waals surface area (Å²) in [6.45, 7) is 1.54. The van der Waals surface area contributed by atoms with Gasteiger partial charge in [-0.15, -0.1) is 0 Å². The Morgan fingerprint density at radius 3 is 2.39 bits per heavy atom. The number of benzene rings is 1. The lowest BCUT2D eigenvalue weighted by atomic mass is 10.3. The molecule has 1 aromatic heterocycles. The zero-order valence-electron chi connectivity index (χ0n) is 15.2. The maximum Gasteiger partial charge on any atom is 0.329 e. The lowest BCUT2D eigenvalue weighted by molar-refractivity contribution is -0.136. The number of carbonyl (C=O) groups excluding carboxylic acids is 3. The molecule has 0 spiro atoms. The van der Waals surface area contributed by atoms with Crippen molar-refractivity contribution in [3.8, 4) is 5.75 Å². The molecule has 2 aromatic rings. The number of methoxy groups -OCH3 is 1. The lowest BCUT2D eigenvalue weighted by Gasteiger charge is -2.06. The van der Waals surface area contributed by atoms with Gasteiger partial charge in [-0.25, -0.2) is 10.4 Å². The van der Waals surface area contributed by atoms with Crippen molar-refractivity contribution in [3.63, 3.8) is 0 Å². The Balaban J connectivity index is 1.81. The van der Waals surface area contributed by atoms with Crippen molar-refractivity contribution >= 4 is 46.5 Å². The second kappa shape index (κ2) is 10.0. The molecule has 1 heterocycles. The number of rotatable bonds is 6. The van der Waals surface area contributed by atoms with Gasteiger partial charge in [0.1, 0.15) is 11.6 Å². The van der Waals surface area contributed by atoms with Crippen molar-refractivity contribution < 1.29 is 19.1 Å². The van der Waals surface area contributed by atoms with Gasteiger partial charge in [-0.3, -0.25) is 14.4 Å². The van der Waals surface area contributed by atoms with Crippen LogP contribution in [0, 0.1) is 0 Å². The van der Waals surface area contributed by atoms with Gasteiger partial charge in [-0.1, -0.05) is 11.6 Å². The summed E-state index contributed by atoms with van der Waals surface area (Å²) in [5.41, 5.74) is 2.83. The number of aromatic nitrogens is 1. The minimum Gasteiger partial charge on any atom is -0.497 e. The molecule has 0 unspecified atom stereocenters. The van der Waals surface area contributed by atoms with Crippen molar-refractivity contribution in [1.82, 2.24) is 10.4 Å². The molecule has 3 amide bonds. The molecule has 0 atom stereocenters. The van der Waals surface area contributed by atoms with Crippen LogP contribution in [0.3, 0.4) is 0 Å². The van der Waals surface area contributed by atoms with Crippen molar-refractivity contribution in [2.45, 2.75) is 13.3 Å². The molecular weight excluding hydrogens is 386 g/mol. The van der Waals surface area contributed by atoms with Crippen LogP contribution in [-0.2, 0) is 14.4 Å². The first kappa shape index (κ1) is 20.8. The number of amides is 3. The zero-order valence-corrected chi connectivity index (χ0v) is 15.9. The third-order valence-corrected chi connectivity index (χ3v) is 3.54. The highest BCUT2D eigenvalue weighted by atomic mass is 35.5. The topological polar surface area (TPSA) is 122 Å². The van der Waals surface area contributed by atoms with E-state index in [4.69, 9.17) is 16.3 Å². The number of anilines is 2. The highest BCUT2D eigenvalue weighted by Gasteiger charge is 2.13. The maximum atomic E-state index is 11.9. The summed E-state index contributed by atoms with van der Waals surface area (Å²) >= 11 is 5.72. The van der Waals surface area contributed by atoms with E-state index in [-0.39, 0.29) is 12.3 Å². The predicted molar refractivity (Wildman–Crippen MR) is 105 cm³/mol. The second-order valence-corrected chi connectivity index (χ2v) is 5.99. The molecule has 3 N–H and O–H groups in total. The molecule has 146 valence electrons. The molecular formula is C18H18ClN5O4. The summed E-state index contributed by atoms with van der Waals surface area (Å²) in [6.07, 6.45) is 1.31. The van der Waals surface area contributed by atoms with E-state index in [0.717, 1.165) is 0 Å². The highest BCUT2D eigenvalue weighted by molar-refractivity contribution is 6.39. The number of halogens is 1. The highest BCUT2D eigenvalue weighted by Crippen LogP contribution is 2.14. The quantitative estimate of drug-likeness (QED) is 0.388. The van der Waals surface area contributed by atoms with Crippen molar-refractivity contribution in [3.05, 3.63) is 47.6 Å². The number of ether oxygens (including phenoxy) is 1. The van der Waals surface area contributed by atoms with Crippen LogP contribution >= 0.6 is 11.6 Å². The molecule has 2 rings (SSSR count). The number of pyridine rings is 1. The average Bonchev–Trinajstić information content (AvgIpc) is 2.68. The Hall–Kier alpha value is -3.46. The number of hydrazone groups is 1. The Bertz CT molecular complexity index is 882. The fourth-order valence-corrected chi connectivity index (χ4v) is 2.08. The van der Waals surface area contributed by atoms with Crippen molar-refractivity contribution in [1.29, 1.82) is 0 Å². The van der Waals surface area contributed by atoms with Gasteiger partial charge in [0.25, 0.3) is 0 Å². The van der Waals surface area contributed by atoms with E-state index in [2.05, 4.69) is 26.1 Å². The first-order valence-electron chi connectivity index (χ1n) is 8.07. The van der Waals surface area contributed by atoms with Crippen LogP contribution in [0.4, 0.5) is 11.5 Å². The van der Waals surface area contributed by atoms with Crippen LogP contribution in [0.25, 0.3) is 0 Å². The first-order valence-corrected chi connectivity index (χ1v) is 8.45. The third-order valence-electron chi connectivity index (χ3n) is 3.31. The monoisotopic (exact) mass is 403 g/mol. The number of hydrogen-bond donors (Lipinski definition) is 3. The number of carbonyl (C=O) groups is 3. The van der Waals surface area contributed by atoms with Crippen LogP contribution < -0.4 is 20.8 Å². The molecule has 10 heteroatoms. The summed E-state index contributed by atoms with van der Waals surface area (Å²) in [5.74, 6) is -1.28. The van der Waals surface area contributed by atoms with Gasteiger partial charge in [0.2, 0.25) is 5.91 Å². The molecule has 28 heavy (non-hydrogen) atoms. The second-order valence-electron chi connectivity index (χ2n) is 5.56. The third kappa shape index (κ3) is 6.69. The molecule has 0 bridgehead atoms. The molecule has 0 saturated carbocycles. The Morgan fingerprint density at radius 1 is 1.07 bits per heavy atom. The Morgan fingerprint density at radius 2 is 1.79 bits per heavy atom. The molecule has 0 aliphatic carbocycles. The molecule has 9 nitrogen and oxygen atoms in total. The fraction of sp³-hybridized carbons (Fsp3) is 0.167. The standard InChI is InChI=1S/C18H18ClN5O4/c1-11(9-16(25)22-15-8-3-12(19)10-20-15)23-24-18(27)17(26)21-13-4-6-14(28-2)7-5-13/h3-8,10H,9H2,1-2H3,(H,21,26)(H,24,27)(H,20,22,25).